The maximum Gasteiger partial charge on any atom is 0.325 e. The van der Waals surface area contributed by atoms with E-state index in [0.717, 1.165) is 38.4 Å². The molecule has 0 aliphatic carbocycles. The van der Waals surface area contributed by atoms with Crippen molar-refractivity contribution in [3.05, 3.63) is 29.8 Å². The van der Waals surface area contributed by atoms with Gasteiger partial charge in [0.25, 0.3) is 0 Å². The summed E-state index contributed by atoms with van der Waals surface area (Å²) in [4.78, 5) is 15.9. The number of hydrogen-bond donors (Lipinski definition) is 2. The highest BCUT2D eigenvalue weighted by Crippen LogP contribution is 2.13. The minimum absolute atomic E-state index is 0.206. The Morgan fingerprint density at radius 1 is 1.30 bits per heavy atom. The zero-order valence-corrected chi connectivity index (χ0v) is 14.4. The van der Waals surface area contributed by atoms with E-state index < -0.39 is 6.04 Å². The Balaban J connectivity index is 0.00000127. The molecule has 3 N–H and O–H groups in total. The first-order valence-corrected chi connectivity index (χ1v) is 8.13. The number of nitrogen functional groups attached to an aromatic ring is 1. The second kappa shape index (κ2) is 10.2. The predicted molar refractivity (Wildman–Crippen MR) is 91.9 cm³/mol. The van der Waals surface area contributed by atoms with Crippen molar-refractivity contribution in [3.8, 4) is 0 Å². The number of aliphatic hydroxyl groups is 1. The van der Waals surface area contributed by atoms with Gasteiger partial charge in [-0.1, -0.05) is 26.0 Å². The molecule has 0 amide bonds. The zero-order valence-electron chi connectivity index (χ0n) is 14.4. The molecule has 0 aromatic heterocycles. The van der Waals surface area contributed by atoms with Crippen LogP contribution in [0.4, 0.5) is 5.69 Å². The van der Waals surface area contributed by atoms with E-state index in [4.69, 9.17) is 10.5 Å². The van der Waals surface area contributed by atoms with Crippen LogP contribution in [0.3, 0.4) is 0 Å². The van der Waals surface area contributed by atoms with Gasteiger partial charge in [0.2, 0.25) is 0 Å². The number of anilines is 1. The molecule has 0 radical (unpaired) electrons. The van der Waals surface area contributed by atoms with Crippen LogP contribution in [0.15, 0.2) is 24.3 Å². The number of carbonyl (C=O) groups excluding carboxylic acids is 1. The molecule has 1 saturated heterocycles. The van der Waals surface area contributed by atoms with E-state index >= 15 is 0 Å². The summed E-state index contributed by atoms with van der Waals surface area (Å²) in [6, 6.07) is 7.33. The van der Waals surface area contributed by atoms with Gasteiger partial charge in [0.05, 0.1) is 13.7 Å². The Morgan fingerprint density at radius 2 is 1.96 bits per heavy atom. The van der Waals surface area contributed by atoms with Gasteiger partial charge in [0, 0.05) is 38.4 Å². The fraction of sp³-hybridized carbons (Fsp3) is 0.588. The van der Waals surface area contributed by atoms with Crippen LogP contribution in [-0.2, 0) is 16.1 Å². The number of nitrogens with zero attached hydrogens (tertiary/aromatic N) is 2. The fourth-order valence-electron chi connectivity index (χ4n) is 2.66. The van der Waals surface area contributed by atoms with Gasteiger partial charge in [-0.3, -0.25) is 14.6 Å². The smallest absolute Gasteiger partial charge is 0.325 e. The van der Waals surface area contributed by atoms with Crippen LogP contribution in [-0.4, -0.2) is 66.8 Å². The maximum atomic E-state index is 11.6. The van der Waals surface area contributed by atoms with E-state index in [1.54, 1.807) is 0 Å². The van der Waals surface area contributed by atoms with Gasteiger partial charge in [0.15, 0.2) is 0 Å². The lowest BCUT2D eigenvalue weighted by Gasteiger charge is -2.37. The molecule has 23 heavy (non-hydrogen) atoms. The van der Waals surface area contributed by atoms with E-state index in [2.05, 4.69) is 11.0 Å². The second-order valence-corrected chi connectivity index (χ2v) is 5.28. The van der Waals surface area contributed by atoms with E-state index in [1.165, 1.54) is 12.7 Å². The van der Waals surface area contributed by atoms with Gasteiger partial charge >= 0.3 is 5.97 Å². The third kappa shape index (κ3) is 5.82. The van der Waals surface area contributed by atoms with Crippen LogP contribution in [0, 0.1) is 0 Å². The van der Waals surface area contributed by atoms with Crippen molar-refractivity contribution in [2.75, 3.05) is 45.6 Å². The maximum absolute atomic E-state index is 11.6. The lowest BCUT2D eigenvalue weighted by molar-refractivity contribution is -0.149. The molecule has 0 saturated carbocycles. The first-order valence-electron chi connectivity index (χ1n) is 8.13. The number of esters is 1. The van der Waals surface area contributed by atoms with E-state index in [0.29, 0.717) is 0 Å². The third-order valence-electron chi connectivity index (χ3n) is 3.85. The molecule has 6 nitrogen and oxygen atoms in total. The van der Waals surface area contributed by atoms with E-state index in [9.17, 15) is 9.90 Å². The van der Waals surface area contributed by atoms with E-state index in [-0.39, 0.29) is 12.6 Å². The summed E-state index contributed by atoms with van der Waals surface area (Å²) in [5, 5.41) is 9.34. The van der Waals surface area contributed by atoms with Crippen molar-refractivity contribution in [1.29, 1.82) is 0 Å². The highest BCUT2D eigenvalue weighted by atomic mass is 16.5. The van der Waals surface area contributed by atoms with Crippen molar-refractivity contribution in [1.82, 2.24) is 9.80 Å². The normalized spacial score (nSPS) is 17.0. The number of piperazine rings is 1. The second-order valence-electron chi connectivity index (χ2n) is 5.28. The minimum Gasteiger partial charge on any atom is -0.468 e. The molecule has 1 fully saturated rings. The predicted octanol–water partition coefficient (Wildman–Crippen LogP) is 0.947. The lowest BCUT2D eigenvalue weighted by atomic mass is 10.1. The standard InChI is InChI=1S/C15H23N3O3.C2H6/c1-21-15(20)14(11-19)18-7-5-17(6-8-18)10-12-3-2-4-13(16)9-12;1-2/h2-4,9,14,19H,5-8,10-11,16H2,1H3;1-2H3. The number of carbonyl (C=O) groups is 1. The Labute approximate surface area is 138 Å². The topological polar surface area (TPSA) is 79.0 Å². The van der Waals surface area contributed by atoms with Crippen molar-refractivity contribution in [2.24, 2.45) is 0 Å². The van der Waals surface area contributed by atoms with Crippen LogP contribution in [0.1, 0.15) is 19.4 Å². The summed E-state index contributed by atoms with van der Waals surface area (Å²) in [6.45, 7) is 7.82. The van der Waals surface area contributed by atoms with Crippen molar-refractivity contribution in [3.63, 3.8) is 0 Å². The summed E-state index contributed by atoms with van der Waals surface area (Å²) < 4.78 is 4.72. The molecule has 1 aromatic rings. The summed E-state index contributed by atoms with van der Waals surface area (Å²) in [5.74, 6) is -0.373. The molecule has 0 spiro atoms. The van der Waals surface area contributed by atoms with Crippen LogP contribution in [0.2, 0.25) is 0 Å². The number of benzene rings is 1. The molecular formula is C17H29N3O3. The van der Waals surface area contributed by atoms with Crippen LogP contribution < -0.4 is 5.73 Å². The Morgan fingerprint density at radius 3 is 2.48 bits per heavy atom. The highest BCUT2D eigenvalue weighted by Gasteiger charge is 2.29. The number of aliphatic hydroxyl groups excluding tert-OH is 1. The van der Waals surface area contributed by atoms with Crippen molar-refractivity contribution >= 4 is 11.7 Å². The molecule has 1 atom stereocenters. The molecule has 1 unspecified atom stereocenters. The largest absolute Gasteiger partial charge is 0.468 e. The summed E-state index contributed by atoms with van der Waals surface area (Å²) in [7, 11) is 1.35. The van der Waals surface area contributed by atoms with Gasteiger partial charge in [-0.25, -0.2) is 0 Å². The van der Waals surface area contributed by atoms with Crippen molar-refractivity contribution in [2.45, 2.75) is 26.4 Å². The number of methoxy groups -OCH3 is 1. The van der Waals surface area contributed by atoms with Gasteiger partial charge < -0.3 is 15.6 Å². The first kappa shape index (κ1) is 19.4. The Hall–Kier alpha value is -1.63. The Bertz CT molecular complexity index is 474. The highest BCUT2D eigenvalue weighted by molar-refractivity contribution is 5.75. The summed E-state index contributed by atoms with van der Waals surface area (Å²) in [5.41, 5.74) is 7.75. The first-order chi connectivity index (χ1) is 11.1. The average Bonchev–Trinajstić information content (AvgIpc) is 2.58. The molecule has 0 bridgehead atoms. The van der Waals surface area contributed by atoms with Gasteiger partial charge in [-0.05, 0) is 17.7 Å². The van der Waals surface area contributed by atoms with Gasteiger partial charge in [-0.2, -0.15) is 0 Å². The molecule has 1 aliphatic rings. The SMILES string of the molecule is CC.COC(=O)C(CO)N1CCN(Cc2cccc(N)c2)CC1. The molecular weight excluding hydrogens is 294 g/mol. The summed E-state index contributed by atoms with van der Waals surface area (Å²) >= 11 is 0. The Kier molecular flexibility index (Phi) is 8.61. The average molecular weight is 323 g/mol. The quantitative estimate of drug-likeness (QED) is 0.620. The zero-order chi connectivity index (χ0) is 17.2. The lowest BCUT2D eigenvalue weighted by Crippen LogP contribution is -2.53. The molecule has 6 heteroatoms. The molecule has 1 aliphatic heterocycles. The van der Waals surface area contributed by atoms with Crippen LogP contribution in [0.5, 0.6) is 0 Å². The van der Waals surface area contributed by atoms with Crippen LogP contribution >= 0.6 is 0 Å². The summed E-state index contributed by atoms with van der Waals surface area (Å²) in [6.07, 6.45) is 0. The van der Waals surface area contributed by atoms with Gasteiger partial charge in [-0.15, -0.1) is 0 Å². The number of ether oxygens (including phenoxy) is 1. The number of nitrogens with two attached hydrogens (primary N) is 1. The van der Waals surface area contributed by atoms with Gasteiger partial charge in [0.1, 0.15) is 6.04 Å². The number of hydrogen-bond acceptors (Lipinski definition) is 6. The van der Waals surface area contributed by atoms with Crippen LogP contribution in [0.25, 0.3) is 0 Å². The monoisotopic (exact) mass is 323 g/mol. The number of rotatable bonds is 5. The molecule has 130 valence electrons. The molecule has 2 rings (SSSR count). The fourth-order valence-corrected chi connectivity index (χ4v) is 2.66. The minimum atomic E-state index is -0.551. The van der Waals surface area contributed by atoms with E-state index in [1.807, 2.05) is 36.9 Å². The van der Waals surface area contributed by atoms with Crippen molar-refractivity contribution < 1.29 is 14.6 Å². The molecule has 1 heterocycles. The molecule has 1 aromatic carbocycles. The third-order valence-corrected chi connectivity index (χ3v) is 3.85.